The first kappa shape index (κ1) is 21.6. The summed E-state index contributed by atoms with van der Waals surface area (Å²) in [6, 6.07) is 14.1. The quantitative estimate of drug-likeness (QED) is 0.733. The first-order valence-corrected chi connectivity index (χ1v) is 12.2. The van der Waals surface area contributed by atoms with Gasteiger partial charge in [0.15, 0.2) is 0 Å². The van der Waals surface area contributed by atoms with Gasteiger partial charge in [-0.2, -0.15) is 0 Å². The van der Waals surface area contributed by atoms with Crippen LogP contribution in [0.4, 0.5) is 5.69 Å². The van der Waals surface area contributed by atoms with Crippen LogP contribution >= 0.6 is 11.8 Å². The Morgan fingerprint density at radius 1 is 1.09 bits per heavy atom. The number of fused-ring (bicyclic) bond motifs is 2. The summed E-state index contributed by atoms with van der Waals surface area (Å²) in [5, 5.41) is 9.53. The number of anilines is 1. The fourth-order valence-corrected chi connectivity index (χ4v) is 6.49. The van der Waals surface area contributed by atoms with Gasteiger partial charge in [-0.25, -0.2) is 4.79 Å². The van der Waals surface area contributed by atoms with Crippen molar-refractivity contribution in [3.63, 3.8) is 0 Å². The van der Waals surface area contributed by atoms with Crippen molar-refractivity contribution in [2.75, 3.05) is 37.7 Å². The van der Waals surface area contributed by atoms with Gasteiger partial charge in [0.05, 0.1) is 23.9 Å². The van der Waals surface area contributed by atoms with Crippen molar-refractivity contribution < 1.29 is 14.6 Å². The molecule has 2 atom stereocenters. The summed E-state index contributed by atoms with van der Waals surface area (Å²) in [6.07, 6.45) is 0.913. The van der Waals surface area contributed by atoms with Crippen molar-refractivity contribution in [3.05, 3.63) is 53.6 Å². The van der Waals surface area contributed by atoms with Crippen LogP contribution in [0.25, 0.3) is 0 Å². The molecule has 1 N–H and O–H groups in total. The summed E-state index contributed by atoms with van der Waals surface area (Å²) >= 11 is 1.79. The molecule has 0 aromatic heterocycles. The second kappa shape index (κ2) is 8.28. The Kier molecular flexibility index (Phi) is 5.60. The number of aromatic carboxylic acids is 1. The van der Waals surface area contributed by atoms with E-state index < -0.39 is 5.97 Å². The van der Waals surface area contributed by atoms with Gasteiger partial charge < -0.3 is 14.7 Å². The van der Waals surface area contributed by atoms with Crippen LogP contribution in [0.5, 0.6) is 5.75 Å². The van der Waals surface area contributed by atoms with E-state index in [-0.39, 0.29) is 17.1 Å². The first-order chi connectivity index (χ1) is 15.3. The molecule has 0 spiro atoms. The molecule has 0 radical (unpaired) electrons. The van der Waals surface area contributed by atoms with Crippen LogP contribution in [0.2, 0.25) is 0 Å². The van der Waals surface area contributed by atoms with E-state index in [1.54, 1.807) is 17.8 Å². The molecule has 3 aliphatic heterocycles. The number of para-hydroxylation sites is 1. The van der Waals surface area contributed by atoms with E-state index in [1.807, 2.05) is 18.2 Å². The number of rotatable bonds is 3. The van der Waals surface area contributed by atoms with Crippen LogP contribution in [0.15, 0.2) is 47.4 Å². The highest BCUT2D eigenvalue weighted by molar-refractivity contribution is 8.00. The third-order valence-corrected chi connectivity index (χ3v) is 8.11. The third-order valence-electron chi connectivity index (χ3n) is 6.79. The SMILES string of the molecule is CC(C)(C)N1CCN(C2Sc3cc(C(=O)O)ccc3N2C2CCOc3ccccc32)CC1. The molecule has 2 aromatic rings. The summed E-state index contributed by atoms with van der Waals surface area (Å²) in [4.78, 5) is 20.3. The van der Waals surface area contributed by atoms with Gasteiger partial charge in [-0.3, -0.25) is 9.80 Å². The van der Waals surface area contributed by atoms with Gasteiger partial charge in [-0.05, 0) is 45.0 Å². The Bertz CT molecular complexity index is 1010. The van der Waals surface area contributed by atoms with Crippen molar-refractivity contribution in [1.82, 2.24) is 9.80 Å². The van der Waals surface area contributed by atoms with Gasteiger partial charge in [-0.15, -0.1) is 0 Å². The first-order valence-electron chi connectivity index (χ1n) is 11.4. The van der Waals surface area contributed by atoms with Crippen molar-refractivity contribution >= 4 is 23.4 Å². The number of hydrogen-bond donors (Lipinski definition) is 1. The Hall–Kier alpha value is -2.22. The number of ether oxygens (including phenoxy) is 1. The molecule has 0 saturated carbocycles. The molecule has 2 aromatic carbocycles. The summed E-state index contributed by atoms with van der Waals surface area (Å²) in [6.45, 7) is 11.6. The van der Waals surface area contributed by atoms with Crippen LogP contribution in [0, 0.1) is 0 Å². The van der Waals surface area contributed by atoms with E-state index in [1.165, 1.54) is 5.56 Å². The van der Waals surface area contributed by atoms with Crippen LogP contribution in [0.3, 0.4) is 0 Å². The highest BCUT2D eigenvalue weighted by Gasteiger charge is 2.42. The summed E-state index contributed by atoms with van der Waals surface area (Å²) < 4.78 is 5.95. The second-order valence-corrected chi connectivity index (χ2v) is 10.8. The van der Waals surface area contributed by atoms with Gasteiger partial charge in [0.2, 0.25) is 0 Å². The zero-order valence-corrected chi connectivity index (χ0v) is 19.8. The molecule has 3 heterocycles. The van der Waals surface area contributed by atoms with Crippen molar-refractivity contribution in [2.45, 2.75) is 49.2 Å². The molecule has 0 aliphatic carbocycles. The number of carboxylic acids is 1. The lowest BCUT2D eigenvalue weighted by atomic mass is 9.98. The fourth-order valence-electron chi connectivity index (χ4n) is 5.04. The number of carboxylic acid groups (broad SMARTS) is 1. The molecular weight excluding hydrogens is 422 g/mol. The highest BCUT2D eigenvalue weighted by Crippen LogP contribution is 2.51. The molecular formula is C25H31N3O3S. The highest BCUT2D eigenvalue weighted by atomic mass is 32.2. The molecule has 6 nitrogen and oxygen atoms in total. The number of piperazine rings is 1. The standard InChI is InChI=1S/C25H31N3O3S/c1-25(2,3)27-13-11-26(12-14-27)24-28(19-10-15-31-21-7-5-4-6-18(19)21)20-9-8-17(23(29)30)16-22(20)32-24/h4-9,16,19,24H,10-15H2,1-3H3,(H,29,30). The molecule has 3 aliphatic rings. The van der Waals surface area contributed by atoms with Crippen LogP contribution < -0.4 is 9.64 Å². The Balaban J connectivity index is 1.50. The van der Waals surface area contributed by atoms with Crippen LogP contribution in [-0.4, -0.2) is 64.7 Å². The van der Waals surface area contributed by atoms with E-state index in [4.69, 9.17) is 4.74 Å². The molecule has 2 unspecified atom stereocenters. The molecule has 1 fully saturated rings. The minimum Gasteiger partial charge on any atom is -0.493 e. The Morgan fingerprint density at radius 3 is 2.56 bits per heavy atom. The van der Waals surface area contributed by atoms with E-state index in [2.05, 4.69) is 53.7 Å². The third kappa shape index (κ3) is 3.87. The zero-order chi connectivity index (χ0) is 22.5. The van der Waals surface area contributed by atoms with Gasteiger partial charge in [0, 0.05) is 48.6 Å². The van der Waals surface area contributed by atoms with Gasteiger partial charge >= 0.3 is 5.97 Å². The normalized spacial score (nSPS) is 24.0. The Morgan fingerprint density at radius 2 is 1.84 bits per heavy atom. The van der Waals surface area contributed by atoms with Crippen molar-refractivity contribution in [3.8, 4) is 5.75 Å². The van der Waals surface area contributed by atoms with Gasteiger partial charge in [0.1, 0.15) is 11.2 Å². The average molecular weight is 454 g/mol. The maximum atomic E-state index is 11.6. The van der Waals surface area contributed by atoms with E-state index in [0.29, 0.717) is 12.2 Å². The summed E-state index contributed by atoms with van der Waals surface area (Å²) in [7, 11) is 0. The maximum Gasteiger partial charge on any atom is 0.335 e. The smallest absolute Gasteiger partial charge is 0.335 e. The summed E-state index contributed by atoms with van der Waals surface area (Å²) in [5.41, 5.74) is 3.01. The minimum atomic E-state index is -0.876. The molecule has 170 valence electrons. The number of thioether (sulfide) groups is 1. The number of hydrogen-bond acceptors (Lipinski definition) is 6. The lowest BCUT2D eigenvalue weighted by molar-refractivity contribution is 0.0555. The van der Waals surface area contributed by atoms with E-state index >= 15 is 0 Å². The molecule has 0 bridgehead atoms. The van der Waals surface area contributed by atoms with Crippen molar-refractivity contribution in [1.29, 1.82) is 0 Å². The lowest BCUT2D eigenvalue weighted by Gasteiger charge is -2.47. The monoisotopic (exact) mass is 453 g/mol. The molecule has 5 rings (SSSR count). The molecule has 0 amide bonds. The number of nitrogens with zero attached hydrogens (tertiary/aromatic N) is 3. The van der Waals surface area contributed by atoms with Gasteiger partial charge in [0.25, 0.3) is 0 Å². The zero-order valence-electron chi connectivity index (χ0n) is 19.0. The van der Waals surface area contributed by atoms with Crippen LogP contribution in [-0.2, 0) is 0 Å². The topological polar surface area (TPSA) is 56.2 Å². The fraction of sp³-hybridized carbons (Fsp3) is 0.480. The number of benzene rings is 2. The molecule has 1 saturated heterocycles. The maximum absolute atomic E-state index is 11.6. The molecule has 32 heavy (non-hydrogen) atoms. The number of carbonyl (C=O) groups is 1. The lowest BCUT2D eigenvalue weighted by Crippen LogP contribution is -2.58. The Labute approximate surface area is 194 Å². The predicted molar refractivity (Wildman–Crippen MR) is 128 cm³/mol. The predicted octanol–water partition coefficient (Wildman–Crippen LogP) is 4.52. The van der Waals surface area contributed by atoms with Crippen molar-refractivity contribution in [2.24, 2.45) is 0 Å². The second-order valence-electron chi connectivity index (χ2n) is 9.72. The van der Waals surface area contributed by atoms with E-state index in [0.717, 1.165) is 48.9 Å². The van der Waals surface area contributed by atoms with Crippen LogP contribution in [0.1, 0.15) is 49.2 Å². The average Bonchev–Trinajstić information content (AvgIpc) is 3.16. The summed E-state index contributed by atoms with van der Waals surface area (Å²) in [5.74, 6) is 0.0826. The minimum absolute atomic E-state index is 0.146. The van der Waals surface area contributed by atoms with Gasteiger partial charge in [-0.1, -0.05) is 30.0 Å². The molecule has 7 heteroatoms. The van der Waals surface area contributed by atoms with E-state index in [9.17, 15) is 9.90 Å². The largest absolute Gasteiger partial charge is 0.493 e.